The van der Waals surface area contributed by atoms with Gasteiger partial charge in [0, 0.05) is 26.1 Å². The van der Waals surface area contributed by atoms with E-state index in [-0.39, 0.29) is 30.3 Å². The lowest BCUT2D eigenvalue weighted by atomic mass is 9.98. The molecule has 2 rings (SSSR count). The Labute approximate surface area is 146 Å². The van der Waals surface area contributed by atoms with Gasteiger partial charge in [0.1, 0.15) is 5.75 Å². The molecule has 0 bridgehead atoms. The van der Waals surface area contributed by atoms with Gasteiger partial charge in [-0.05, 0) is 37.1 Å². The number of methoxy groups -OCH3 is 1. The van der Waals surface area contributed by atoms with Gasteiger partial charge in [-0.3, -0.25) is 9.59 Å². The van der Waals surface area contributed by atoms with Crippen molar-refractivity contribution in [3.05, 3.63) is 24.3 Å². The normalized spacial score (nSPS) is 18.0. The van der Waals surface area contributed by atoms with Crippen molar-refractivity contribution in [1.29, 1.82) is 0 Å². The van der Waals surface area contributed by atoms with Crippen molar-refractivity contribution in [2.24, 2.45) is 5.92 Å². The molecule has 1 saturated heterocycles. The summed E-state index contributed by atoms with van der Waals surface area (Å²) in [6, 6.07) is 5.93. The number of carbonyl (C=O) groups is 2. The first kappa shape index (κ1) is 19.2. The number of carbonyl (C=O) groups excluding carboxylic acids is 1. The minimum absolute atomic E-state index is 0.0122. The average Bonchev–Trinajstić information content (AvgIpc) is 2.61. The van der Waals surface area contributed by atoms with Gasteiger partial charge in [-0.25, -0.2) is 13.1 Å². The summed E-state index contributed by atoms with van der Waals surface area (Å²) in [6.07, 6.45) is 1.19. The van der Waals surface area contributed by atoms with Gasteiger partial charge in [0.25, 0.3) is 0 Å². The van der Waals surface area contributed by atoms with Crippen LogP contribution in [0.2, 0.25) is 0 Å². The second-order valence-corrected chi connectivity index (χ2v) is 7.61. The third-order valence-corrected chi connectivity index (χ3v) is 5.60. The summed E-state index contributed by atoms with van der Waals surface area (Å²) in [4.78, 5) is 24.8. The van der Waals surface area contributed by atoms with Crippen molar-refractivity contribution in [3.63, 3.8) is 0 Å². The Hall–Kier alpha value is -2.13. The second-order valence-electron chi connectivity index (χ2n) is 5.84. The van der Waals surface area contributed by atoms with Crippen molar-refractivity contribution < 1.29 is 27.9 Å². The molecule has 1 aromatic carbocycles. The van der Waals surface area contributed by atoms with Crippen LogP contribution in [0.15, 0.2) is 29.2 Å². The van der Waals surface area contributed by atoms with Crippen LogP contribution in [0.1, 0.15) is 19.3 Å². The van der Waals surface area contributed by atoms with Crippen LogP contribution >= 0.6 is 0 Å². The molecule has 1 amide bonds. The number of hydrogen-bond donors (Lipinski definition) is 2. The molecule has 0 aliphatic carbocycles. The minimum Gasteiger partial charge on any atom is -0.497 e. The molecule has 1 fully saturated rings. The van der Waals surface area contributed by atoms with Crippen LogP contribution in [0.4, 0.5) is 0 Å². The Morgan fingerprint density at radius 3 is 2.60 bits per heavy atom. The quantitative estimate of drug-likeness (QED) is 0.730. The summed E-state index contributed by atoms with van der Waals surface area (Å²) < 4.78 is 31.7. The van der Waals surface area contributed by atoms with E-state index in [4.69, 9.17) is 9.84 Å². The summed E-state index contributed by atoms with van der Waals surface area (Å²) >= 11 is 0. The Kier molecular flexibility index (Phi) is 6.38. The van der Waals surface area contributed by atoms with E-state index in [2.05, 4.69) is 4.72 Å². The third kappa shape index (κ3) is 5.17. The fraction of sp³-hybridized carbons (Fsp3) is 0.500. The van der Waals surface area contributed by atoms with Gasteiger partial charge in [0.15, 0.2) is 0 Å². The number of aliphatic carboxylic acids is 1. The van der Waals surface area contributed by atoms with Crippen LogP contribution in [0.3, 0.4) is 0 Å². The molecule has 1 atom stereocenters. The zero-order valence-corrected chi connectivity index (χ0v) is 14.8. The maximum absolute atomic E-state index is 12.2. The molecule has 138 valence electrons. The van der Waals surface area contributed by atoms with Gasteiger partial charge in [-0.2, -0.15) is 0 Å². The number of benzene rings is 1. The molecule has 0 aromatic heterocycles. The molecule has 1 aromatic rings. The van der Waals surface area contributed by atoms with Gasteiger partial charge >= 0.3 is 5.97 Å². The SMILES string of the molecule is COc1ccc(S(=O)(=O)NCCC(=O)N2CCCC(C(=O)O)C2)cc1. The van der Waals surface area contributed by atoms with Crippen LogP contribution in [-0.2, 0) is 19.6 Å². The molecule has 1 aliphatic heterocycles. The van der Waals surface area contributed by atoms with Crippen molar-refractivity contribution >= 4 is 21.9 Å². The monoisotopic (exact) mass is 370 g/mol. The highest BCUT2D eigenvalue weighted by molar-refractivity contribution is 7.89. The molecule has 1 unspecified atom stereocenters. The molecular weight excluding hydrogens is 348 g/mol. The van der Waals surface area contributed by atoms with Crippen molar-refractivity contribution in [1.82, 2.24) is 9.62 Å². The largest absolute Gasteiger partial charge is 0.497 e. The van der Waals surface area contributed by atoms with Crippen LogP contribution in [-0.4, -0.2) is 57.0 Å². The fourth-order valence-electron chi connectivity index (χ4n) is 2.69. The maximum Gasteiger partial charge on any atom is 0.308 e. The first-order valence-electron chi connectivity index (χ1n) is 7.98. The second kappa shape index (κ2) is 8.30. The number of amides is 1. The number of piperidine rings is 1. The number of rotatable bonds is 7. The fourth-order valence-corrected chi connectivity index (χ4v) is 3.73. The van der Waals surface area contributed by atoms with Gasteiger partial charge in [0.05, 0.1) is 17.9 Å². The molecule has 1 aliphatic rings. The number of hydrogen-bond acceptors (Lipinski definition) is 5. The molecular formula is C16H22N2O6S. The van der Waals surface area contributed by atoms with Crippen LogP contribution in [0.5, 0.6) is 5.75 Å². The first-order chi connectivity index (χ1) is 11.8. The van der Waals surface area contributed by atoms with Crippen LogP contribution < -0.4 is 9.46 Å². The predicted molar refractivity (Wildman–Crippen MR) is 89.7 cm³/mol. The highest BCUT2D eigenvalue weighted by atomic mass is 32.2. The number of likely N-dealkylation sites (tertiary alicyclic amines) is 1. The smallest absolute Gasteiger partial charge is 0.308 e. The molecule has 0 spiro atoms. The van der Waals surface area contributed by atoms with Crippen LogP contribution in [0.25, 0.3) is 0 Å². The zero-order chi connectivity index (χ0) is 18.4. The maximum atomic E-state index is 12.2. The number of sulfonamides is 1. The standard InChI is InChI=1S/C16H22N2O6S/c1-24-13-4-6-14(7-5-13)25(22,23)17-9-8-15(19)18-10-2-3-12(11-18)16(20)21/h4-7,12,17H,2-3,8-11H2,1H3,(H,20,21). The summed E-state index contributed by atoms with van der Waals surface area (Å²) in [6.45, 7) is 0.647. The molecule has 9 heteroatoms. The van der Waals surface area contributed by atoms with Gasteiger partial charge < -0.3 is 14.7 Å². The molecule has 2 N–H and O–H groups in total. The Morgan fingerprint density at radius 2 is 2.00 bits per heavy atom. The van der Waals surface area contributed by atoms with Crippen LogP contribution in [0, 0.1) is 5.92 Å². The van der Waals surface area contributed by atoms with E-state index < -0.39 is 21.9 Å². The minimum atomic E-state index is -3.71. The molecule has 0 radical (unpaired) electrons. The summed E-state index contributed by atoms with van der Waals surface area (Å²) in [7, 11) is -2.22. The van der Waals surface area contributed by atoms with E-state index in [1.54, 1.807) is 12.1 Å². The lowest BCUT2D eigenvalue weighted by Gasteiger charge is -2.30. The van der Waals surface area contributed by atoms with E-state index in [0.29, 0.717) is 25.1 Å². The van der Waals surface area contributed by atoms with E-state index in [1.807, 2.05) is 0 Å². The molecule has 8 nitrogen and oxygen atoms in total. The molecule has 25 heavy (non-hydrogen) atoms. The number of ether oxygens (including phenoxy) is 1. The Morgan fingerprint density at radius 1 is 1.32 bits per heavy atom. The topological polar surface area (TPSA) is 113 Å². The summed E-state index contributed by atoms with van der Waals surface area (Å²) in [5.74, 6) is -1.15. The summed E-state index contributed by atoms with van der Waals surface area (Å²) in [5, 5.41) is 9.05. The molecule has 0 saturated carbocycles. The highest BCUT2D eigenvalue weighted by Gasteiger charge is 2.28. The van der Waals surface area contributed by atoms with Gasteiger partial charge in [0.2, 0.25) is 15.9 Å². The summed E-state index contributed by atoms with van der Waals surface area (Å²) in [5.41, 5.74) is 0. The Balaban J connectivity index is 1.86. The number of carboxylic acid groups (broad SMARTS) is 1. The lowest BCUT2D eigenvalue weighted by Crippen LogP contribution is -2.43. The lowest BCUT2D eigenvalue weighted by molar-refractivity contribution is -0.145. The van der Waals surface area contributed by atoms with E-state index in [0.717, 1.165) is 0 Å². The number of nitrogens with zero attached hydrogens (tertiary/aromatic N) is 1. The van der Waals surface area contributed by atoms with Gasteiger partial charge in [-0.15, -0.1) is 0 Å². The average molecular weight is 370 g/mol. The van der Waals surface area contributed by atoms with Crippen molar-refractivity contribution in [2.45, 2.75) is 24.2 Å². The van der Waals surface area contributed by atoms with Crippen molar-refractivity contribution in [3.8, 4) is 5.75 Å². The van der Waals surface area contributed by atoms with E-state index >= 15 is 0 Å². The molecule has 1 heterocycles. The zero-order valence-electron chi connectivity index (χ0n) is 14.0. The van der Waals surface area contributed by atoms with E-state index in [1.165, 1.54) is 24.1 Å². The van der Waals surface area contributed by atoms with Crippen molar-refractivity contribution in [2.75, 3.05) is 26.7 Å². The Bertz CT molecular complexity index is 717. The number of nitrogens with one attached hydrogen (secondary N) is 1. The highest BCUT2D eigenvalue weighted by Crippen LogP contribution is 2.18. The first-order valence-corrected chi connectivity index (χ1v) is 9.46. The third-order valence-electron chi connectivity index (χ3n) is 4.12. The number of carboxylic acids is 1. The van der Waals surface area contributed by atoms with E-state index in [9.17, 15) is 18.0 Å². The van der Waals surface area contributed by atoms with Gasteiger partial charge in [-0.1, -0.05) is 0 Å². The predicted octanol–water partition coefficient (Wildman–Crippen LogP) is 0.687.